The second-order valence-electron chi connectivity index (χ2n) is 9.02. The molecule has 0 aliphatic heterocycles. The lowest BCUT2D eigenvalue weighted by Gasteiger charge is -2.02. The van der Waals surface area contributed by atoms with Crippen molar-refractivity contribution in [3.63, 3.8) is 0 Å². The van der Waals surface area contributed by atoms with Gasteiger partial charge in [-0.3, -0.25) is 0 Å². The van der Waals surface area contributed by atoms with Crippen molar-refractivity contribution in [3.8, 4) is 11.5 Å². The van der Waals surface area contributed by atoms with Gasteiger partial charge in [-0.05, 0) is 91.6 Å². The molecule has 0 saturated carbocycles. The van der Waals surface area contributed by atoms with Crippen molar-refractivity contribution in [2.24, 2.45) is 0 Å². The van der Waals surface area contributed by atoms with Crippen LogP contribution in [0.1, 0.15) is 0 Å². The monoisotopic (exact) mass is 434 g/mol. The van der Waals surface area contributed by atoms with Gasteiger partial charge in [-0.25, -0.2) is 0 Å². The molecule has 0 amide bonds. The summed E-state index contributed by atoms with van der Waals surface area (Å²) in [7, 11) is 0. The maximum atomic E-state index is 6.29. The van der Waals surface area contributed by atoms with E-state index in [1.54, 1.807) is 0 Å². The Bertz CT molecular complexity index is 1920. The quantitative estimate of drug-likeness (QED) is 0.240. The highest BCUT2D eigenvalue weighted by molar-refractivity contribution is 6.13. The summed E-state index contributed by atoms with van der Waals surface area (Å²) in [6.45, 7) is 0. The molecule has 158 valence electrons. The fourth-order valence-electron chi connectivity index (χ4n) is 5.31. The predicted molar refractivity (Wildman–Crippen MR) is 141 cm³/mol. The summed E-state index contributed by atoms with van der Waals surface area (Å²) >= 11 is 0. The van der Waals surface area contributed by atoms with Crippen molar-refractivity contribution < 1.29 is 8.83 Å². The van der Waals surface area contributed by atoms with Crippen LogP contribution >= 0.6 is 0 Å². The van der Waals surface area contributed by atoms with Gasteiger partial charge in [0.25, 0.3) is 0 Å². The number of hydrogen-bond donors (Lipinski definition) is 0. The maximum Gasteiger partial charge on any atom is 0.170 e. The van der Waals surface area contributed by atoms with Gasteiger partial charge in [0.05, 0.1) is 0 Å². The Labute approximate surface area is 194 Å². The molecule has 0 fully saturated rings. The van der Waals surface area contributed by atoms with Crippen molar-refractivity contribution in [1.82, 2.24) is 0 Å². The molecule has 0 radical (unpaired) electrons. The molecule has 0 bridgehead atoms. The minimum Gasteiger partial charge on any atom is -0.453 e. The summed E-state index contributed by atoms with van der Waals surface area (Å²) in [4.78, 5) is 0. The highest BCUT2D eigenvalue weighted by atomic mass is 16.4. The van der Waals surface area contributed by atoms with Crippen LogP contribution in [0.2, 0.25) is 0 Å². The molecular formula is C32H18O2. The maximum absolute atomic E-state index is 6.29. The Morgan fingerprint density at radius 1 is 0.324 bits per heavy atom. The summed E-state index contributed by atoms with van der Waals surface area (Å²) in [5, 5.41) is 12.0. The summed E-state index contributed by atoms with van der Waals surface area (Å²) < 4.78 is 12.6. The van der Waals surface area contributed by atoms with E-state index >= 15 is 0 Å². The highest BCUT2D eigenvalue weighted by Gasteiger charge is 2.15. The highest BCUT2D eigenvalue weighted by Crippen LogP contribution is 2.38. The van der Waals surface area contributed by atoms with E-state index in [9.17, 15) is 0 Å². The molecule has 0 saturated heterocycles. The third-order valence-corrected chi connectivity index (χ3v) is 7.01. The Balaban J connectivity index is 1.36. The zero-order chi connectivity index (χ0) is 22.2. The Kier molecular flexibility index (Phi) is 3.42. The van der Waals surface area contributed by atoms with E-state index in [0.717, 1.165) is 33.5 Å². The van der Waals surface area contributed by atoms with Crippen LogP contribution in [0.25, 0.3) is 76.5 Å². The van der Waals surface area contributed by atoms with Gasteiger partial charge in [0.1, 0.15) is 11.2 Å². The lowest BCUT2D eigenvalue weighted by atomic mass is 10.0. The second-order valence-corrected chi connectivity index (χ2v) is 9.02. The van der Waals surface area contributed by atoms with E-state index in [2.05, 4.69) is 109 Å². The van der Waals surface area contributed by atoms with Crippen LogP contribution in [0.5, 0.6) is 0 Å². The van der Waals surface area contributed by atoms with Gasteiger partial charge in [-0.2, -0.15) is 0 Å². The molecule has 8 aromatic rings. The zero-order valence-electron chi connectivity index (χ0n) is 18.2. The van der Waals surface area contributed by atoms with Crippen molar-refractivity contribution >= 4 is 65.0 Å². The fourth-order valence-corrected chi connectivity index (χ4v) is 5.31. The van der Waals surface area contributed by atoms with Gasteiger partial charge in [-0.1, -0.05) is 60.7 Å². The van der Waals surface area contributed by atoms with E-state index in [4.69, 9.17) is 8.83 Å². The van der Waals surface area contributed by atoms with Crippen LogP contribution in [0.3, 0.4) is 0 Å². The van der Waals surface area contributed by atoms with Crippen molar-refractivity contribution in [2.75, 3.05) is 0 Å². The van der Waals surface area contributed by atoms with Crippen molar-refractivity contribution in [2.45, 2.75) is 0 Å². The first-order chi connectivity index (χ1) is 16.8. The van der Waals surface area contributed by atoms with Crippen LogP contribution in [-0.2, 0) is 0 Å². The minimum absolute atomic E-state index is 0.751. The van der Waals surface area contributed by atoms with Crippen LogP contribution in [-0.4, -0.2) is 0 Å². The van der Waals surface area contributed by atoms with E-state index in [1.807, 2.05) is 0 Å². The smallest absolute Gasteiger partial charge is 0.170 e. The van der Waals surface area contributed by atoms with E-state index in [0.29, 0.717) is 0 Å². The molecule has 0 aliphatic carbocycles. The van der Waals surface area contributed by atoms with Crippen LogP contribution in [0, 0.1) is 0 Å². The van der Waals surface area contributed by atoms with Crippen LogP contribution < -0.4 is 0 Å². The summed E-state index contributed by atoms with van der Waals surface area (Å²) in [5.41, 5.74) is 1.74. The van der Waals surface area contributed by atoms with Gasteiger partial charge in [0.2, 0.25) is 0 Å². The molecule has 6 aromatic carbocycles. The first-order valence-corrected chi connectivity index (χ1v) is 11.5. The number of fused-ring (bicyclic) bond motifs is 8. The molecule has 8 rings (SSSR count). The van der Waals surface area contributed by atoms with Gasteiger partial charge >= 0.3 is 0 Å². The molecule has 2 heteroatoms. The fraction of sp³-hybridized carbons (Fsp3) is 0. The van der Waals surface area contributed by atoms with Crippen molar-refractivity contribution in [3.05, 3.63) is 109 Å². The van der Waals surface area contributed by atoms with E-state index < -0.39 is 0 Å². The van der Waals surface area contributed by atoms with Gasteiger partial charge in [0, 0.05) is 10.8 Å². The first-order valence-electron chi connectivity index (χ1n) is 11.5. The number of benzene rings is 6. The third-order valence-electron chi connectivity index (χ3n) is 7.01. The molecule has 0 spiro atoms. The van der Waals surface area contributed by atoms with Gasteiger partial charge in [0.15, 0.2) is 11.5 Å². The molecule has 0 unspecified atom stereocenters. The zero-order valence-corrected chi connectivity index (χ0v) is 18.2. The predicted octanol–water partition coefficient (Wildman–Crippen LogP) is 9.46. The van der Waals surface area contributed by atoms with E-state index in [1.165, 1.54) is 43.1 Å². The second kappa shape index (κ2) is 6.49. The van der Waals surface area contributed by atoms with Crippen LogP contribution in [0.15, 0.2) is 118 Å². The van der Waals surface area contributed by atoms with Crippen molar-refractivity contribution in [1.29, 1.82) is 0 Å². The molecule has 2 aromatic heterocycles. The summed E-state index contributed by atoms with van der Waals surface area (Å²) in [6.07, 6.45) is 0. The Hall–Kier alpha value is -4.56. The van der Waals surface area contributed by atoms with E-state index in [-0.39, 0.29) is 0 Å². The number of furan rings is 2. The first kappa shape index (κ1) is 17.9. The Morgan fingerprint density at radius 3 is 1.18 bits per heavy atom. The average molecular weight is 434 g/mol. The SMILES string of the molecule is c1ccc2cc3c(ccc4oc(-c5cc6c(ccc7cc8ccccc8cc76)o5)cc43)cc2c1. The lowest BCUT2D eigenvalue weighted by Crippen LogP contribution is -1.76. The normalized spacial score (nSPS) is 12.1. The summed E-state index contributed by atoms with van der Waals surface area (Å²) in [5.74, 6) is 1.50. The van der Waals surface area contributed by atoms with Crippen LogP contribution in [0.4, 0.5) is 0 Å². The Morgan fingerprint density at radius 2 is 0.735 bits per heavy atom. The molecule has 0 atom stereocenters. The summed E-state index contributed by atoms with van der Waals surface area (Å²) in [6, 6.07) is 38.5. The molecular weight excluding hydrogens is 416 g/mol. The molecule has 2 nitrogen and oxygen atoms in total. The average Bonchev–Trinajstić information content (AvgIpc) is 3.51. The number of rotatable bonds is 1. The molecule has 0 N–H and O–H groups in total. The number of hydrogen-bond acceptors (Lipinski definition) is 2. The molecule has 34 heavy (non-hydrogen) atoms. The molecule has 2 heterocycles. The van der Waals surface area contributed by atoms with Gasteiger partial charge in [-0.15, -0.1) is 0 Å². The third kappa shape index (κ3) is 2.51. The van der Waals surface area contributed by atoms with Gasteiger partial charge < -0.3 is 8.83 Å². The largest absolute Gasteiger partial charge is 0.453 e. The lowest BCUT2D eigenvalue weighted by molar-refractivity contribution is 0.569. The molecule has 0 aliphatic rings. The topological polar surface area (TPSA) is 26.3 Å². The standard InChI is InChI=1S/C32H18O2/c1-3-7-21-15-25-23(13-19(21)5-1)9-11-29-27(25)17-31(33-29)32-18-28-26-16-22-8-4-2-6-20(22)14-24(26)10-12-30(28)34-32/h1-18H. The minimum atomic E-state index is 0.751.